The molecule has 1 amide bonds. The predicted molar refractivity (Wildman–Crippen MR) is 102 cm³/mol. The fourth-order valence-electron chi connectivity index (χ4n) is 2.50. The number of aryl methyl sites for hydroxylation is 1. The van der Waals surface area contributed by atoms with Gasteiger partial charge >= 0.3 is 5.97 Å². The summed E-state index contributed by atoms with van der Waals surface area (Å²) in [5.74, 6) is -1.29. The van der Waals surface area contributed by atoms with E-state index in [0.29, 0.717) is 21.5 Å². The van der Waals surface area contributed by atoms with Crippen molar-refractivity contribution in [3.05, 3.63) is 69.6 Å². The average molecular weight is 386 g/mol. The lowest BCUT2D eigenvalue weighted by Gasteiger charge is -2.14. The number of aromatic nitrogens is 2. The first-order valence-electron chi connectivity index (χ1n) is 8.10. The van der Waals surface area contributed by atoms with Gasteiger partial charge in [0, 0.05) is 23.1 Å². The number of ether oxygens (including phenoxy) is 1. The van der Waals surface area contributed by atoms with Crippen LogP contribution in [0.5, 0.6) is 0 Å². The van der Waals surface area contributed by atoms with E-state index in [9.17, 15) is 14.4 Å². The Labute approximate surface area is 159 Å². The number of rotatable bonds is 4. The van der Waals surface area contributed by atoms with E-state index in [-0.39, 0.29) is 11.3 Å². The number of carbonyl (C=O) groups is 2. The molecular weight excluding hydrogens is 370 g/mol. The smallest absolute Gasteiger partial charge is 0.360 e. The van der Waals surface area contributed by atoms with Crippen molar-refractivity contribution < 1.29 is 14.3 Å². The first-order chi connectivity index (χ1) is 12.9. The normalized spacial score (nSPS) is 11.8. The van der Waals surface area contributed by atoms with E-state index in [1.807, 2.05) is 0 Å². The maximum Gasteiger partial charge on any atom is 0.360 e. The van der Waals surface area contributed by atoms with Gasteiger partial charge in [0.2, 0.25) is 0 Å². The van der Waals surface area contributed by atoms with E-state index < -0.39 is 18.0 Å². The molecule has 1 aromatic heterocycles. The molecule has 138 valence electrons. The summed E-state index contributed by atoms with van der Waals surface area (Å²) in [6, 6.07) is 13.1. The lowest BCUT2D eigenvalue weighted by atomic mass is 10.1. The molecule has 0 aliphatic heterocycles. The second-order valence-corrected chi connectivity index (χ2v) is 6.30. The summed E-state index contributed by atoms with van der Waals surface area (Å²) in [5, 5.41) is 7.88. The number of anilines is 1. The Balaban J connectivity index is 1.80. The summed E-state index contributed by atoms with van der Waals surface area (Å²) in [5.41, 5.74) is 0.174. The number of hydrogen-bond acceptors (Lipinski definition) is 5. The van der Waals surface area contributed by atoms with E-state index in [1.165, 1.54) is 14.0 Å². The molecule has 0 saturated carbocycles. The molecule has 1 unspecified atom stereocenters. The minimum absolute atomic E-state index is 0.0288. The van der Waals surface area contributed by atoms with Crippen molar-refractivity contribution in [2.24, 2.45) is 7.05 Å². The number of halogens is 1. The number of esters is 1. The number of fused-ring (bicyclic) bond motifs is 1. The summed E-state index contributed by atoms with van der Waals surface area (Å²) in [7, 11) is 1.45. The number of nitrogens with zero attached hydrogens (tertiary/aromatic N) is 2. The third-order valence-corrected chi connectivity index (χ3v) is 4.17. The summed E-state index contributed by atoms with van der Waals surface area (Å²) in [6.45, 7) is 1.45. The van der Waals surface area contributed by atoms with Crippen LogP contribution in [0.3, 0.4) is 0 Å². The topological polar surface area (TPSA) is 90.3 Å². The Morgan fingerprint density at radius 3 is 2.41 bits per heavy atom. The zero-order chi connectivity index (χ0) is 19.6. The highest BCUT2D eigenvalue weighted by Crippen LogP contribution is 2.16. The van der Waals surface area contributed by atoms with Gasteiger partial charge in [0.15, 0.2) is 11.8 Å². The lowest BCUT2D eigenvalue weighted by molar-refractivity contribution is -0.123. The molecule has 7 nitrogen and oxygen atoms in total. The third-order valence-electron chi connectivity index (χ3n) is 3.91. The molecule has 1 atom stereocenters. The van der Waals surface area contributed by atoms with Crippen molar-refractivity contribution in [2.75, 3.05) is 5.32 Å². The zero-order valence-electron chi connectivity index (χ0n) is 14.6. The largest absolute Gasteiger partial charge is 0.448 e. The minimum atomic E-state index is -1.06. The van der Waals surface area contributed by atoms with Crippen LogP contribution >= 0.6 is 11.6 Å². The van der Waals surface area contributed by atoms with Crippen LogP contribution in [0.1, 0.15) is 17.4 Å². The van der Waals surface area contributed by atoms with Crippen LogP contribution in [0.25, 0.3) is 10.8 Å². The van der Waals surface area contributed by atoms with Crippen molar-refractivity contribution in [3.8, 4) is 0 Å². The molecule has 0 spiro atoms. The number of benzene rings is 2. The highest BCUT2D eigenvalue weighted by Gasteiger charge is 2.23. The summed E-state index contributed by atoms with van der Waals surface area (Å²) in [4.78, 5) is 36.9. The van der Waals surface area contributed by atoms with Crippen LogP contribution in [0.15, 0.2) is 53.3 Å². The van der Waals surface area contributed by atoms with Gasteiger partial charge in [-0.25, -0.2) is 9.48 Å². The number of amides is 1. The lowest BCUT2D eigenvalue weighted by Crippen LogP contribution is -2.31. The third kappa shape index (κ3) is 3.98. The number of carbonyl (C=O) groups excluding carboxylic acids is 2. The Hall–Kier alpha value is -3.19. The summed E-state index contributed by atoms with van der Waals surface area (Å²) >= 11 is 5.81. The average Bonchev–Trinajstić information content (AvgIpc) is 2.66. The molecule has 0 radical (unpaired) electrons. The van der Waals surface area contributed by atoms with Gasteiger partial charge in [-0.1, -0.05) is 29.8 Å². The van der Waals surface area contributed by atoms with Gasteiger partial charge in [-0.3, -0.25) is 9.59 Å². The Bertz CT molecular complexity index is 1080. The van der Waals surface area contributed by atoms with Crippen molar-refractivity contribution in [1.29, 1.82) is 0 Å². The van der Waals surface area contributed by atoms with Gasteiger partial charge in [-0.2, -0.15) is 5.10 Å². The quantitative estimate of drug-likeness (QED) is 0.697. The Morgan fingerprint density at radius 1 is 1.11 bits per heavy atom. The van der Waals surface area contributed by atoms with E-state index in [0.717, 1.165) is 4.68 Å². The van der Waals surface area contributed by atoms with Crippen LogP contribution in [0.4, 0.5) is 5.69 Å². The van der Waals surface area contributed by atoms with Crippen molar-refractivity contribution in [2.45, 2.75) is 13.0 Å². The van der Waals surface area contributed by atoms with Crippen molar-refractivity contribution >= 4 is 39.9 Å². The van der Waals surface area contributed by atoms with Crippen molar-refractivity contribution in [3.63, 3.8) is 0 Å². The van der Waals surface area contributed by atoms with Crippen LogP contribution in [-0.4, -0.2) is 27.8 Å². The Kier molecular flexibility index (Phi) is 5.23. The van der Waals surface area contributed by atoms with E-state index in [2.05, 4.69) is 10.4 Å². The first-order valence-corrected chi connectivity index (χ1v) is 8.48. The molecule has 8 heteroatoms. The first kappa shape index (κ1) is 18.6. The standard InChI is InChI=1S/C19H16ClN3O4/c1-11(17(24)21-13-9-7-12(20)8-10-13)27-19(26)16-14-5-3-4-6-15(14)18(25)23(2)22-16/h3-11H,1-2H3,(H,21,24). The molecule has 1 N–H and O–H groups in total. The van der Waals surface area contributed by atoms with Gasteiger partial charge < -0.3 is 10.1 Å². The summed E-state index contributed by atoms with van der Waals surface area (Å²) < 4.78 is 6.31. The van der Waals surface area contributed by atoms with E-state index >= 15 is 0 Å². The molecule has 0 bridgehead atoms. The SMILES string of the molecule is CC(OC(=O)c1nn(C)c(=O)c2ccccc12)C(=O)Nc1ccc(Cl)cc1. The zero-order valence-corrected chi connectivity index (χ0v) is 15.4. The van der Waals surface area contributed by atoms with Crippen molar-refractivity contribution in [1.82, 2.24) is 9.78 Å². The van der Waals surface area contributed by atoms with Gasteiger partial charge in [-0.15, -0.1) is 0 Å². The van der Waals surface area contributed by atoms with E-state index in [4.69, 9.17) is 16.3 Å². The second kappa shape index (κ2) is 7.59. The van der Waals surface area contributed by atoms with Crippen LogP contribution < -0.4 is 10.9 Å². The van der Waals surface area contributed by atoms with Crippen LogP contribution in [-0.2, 0) is 16.6 Å². The molecule has 0 aliphatic carbocycles. The number of hydrogen-bond donors (Lipinski definition) is 1. The molecule has 27 heavy (non-hydrogen) atoms. The van der Waals surface area contributed by atoms with Gasteiger partial charge in [0.05, 0.1) is 5.39 Å². The molecule has 3 aromatic rings. The minimum Gasteiger partial charge on any atom is -0.448 e. The van der Waals surface area contributed by atoms with Gasteiger partial charge in [-0.05, 0) is 37.3 Å². The summed E-state index contributed by atoms with van der Waals surface area (Å²) in [6.07, 6.45) is -1.06. The van der Waals surface area contributed by atoms with Gasteiger partial charge in [0.25, 0.3) is 11.5 Å². The molecule has 1 heterocycles. The highest BCUT2D eigenvalue weighted by atomic mass is 35.5. The number of nitrogens with one attached hydrogen (secondary N) is 1. The fraction of sp³-hybridized carbons (Fsp3) is 0.158. The molecule has 3 rings (SSSR count). The fourth-order valence-corrected chi connectivity index (χ4v) is 2.62. The predicted octanol–water partition coefficient (Wildman–Crippen LogP) is 2.77. The molecular formula is C19H16ClN3O4. The monoisotopic (exact) mass is 385 g/mol. The van der Waals surface area contributed by atoms with Crippen LogP contribution in [0.2, 0.25) is 5.02 Å². The van der Waals surface area contributed by atoms with Gasteiger partial charge in [0.1, 0.15) is 0 Å². The maximum atomic E-state index is 12.5. The maximum absolute atomic E-state index is 12.5. The molecule has 0 aliphatic rings. The molecule has 0 saturated heterocycles. The molecule has 0 fully saturated rings. The molecule has 2 aromatic carbocycles. The highest BCUT2D eigenvalue weighted by molar-refractivity contribution is 6.30. The second-order valence-electron chi connectivity index (χ2n) is 5.87. The van der Waals surface area contributed by atoms with E-state index in [1.54, 1.807) is 48.5 Å². The Morgan fingerprint density at radius 2 is 1.74 bits per heavy atom. The van der Waals surface area contributed by atoms with Crippen LogP contribution in [0, 0.1) is 0 Å².